The van der Waals surface area contributed by atoms with Crippen LogP contribution in [0.3, 0.4) is 0 Å². The molecule has 1 atom stereocenters. The van der Waals surface area contributed by atoms with Crippen LogP contribution in [0.1, 0.15) is 41.9 Å². The number of nitrogens with zero attached hydrogens (tertiary/aromatic N) is 1. The molecular weight excluding hydrogens is 332 g/mol. The van der Waals surface area contributed by atoms with Crippen molar-refractivity contribution in [2.24, 2.45) is 11.8 Å². The summed E-state index contributed by atoms with van der Waals surface area (Å²) in [5, 5.41) is 25.5. The number of amides is 1. The average molecular weight is 358 g/mol. The summed E-state index contributed by atoms with van der Waals surface area (Å²) in [7, 11) is 0. The van der Waals surface area contributed by atoms with Crippen molar-refractivity contribution in [1.29, 1.82) is 0 Å². The molecule has 0 radical (unpaired) electrons. The lowest BCUT2D eigenvalue weighted by molar-refractivity contribution is 0.00919. The second kappa shape index (κ2) is 7.34. The number of hydrogen-bond donors (Lipinski definition) is 5. The third-order valence-electron chi connectivity index (χ3n) is 5.79. The zero-order valence-electron chi connectivity index (χ0n) is 14.7. The number of H-pyrrole nitrogens is 1. The number of imidazole rings is 1. The fraction of sp³-hybridized carbons (Fsp3) is 0.579. The first-order valence-electron chi connectivity index (χ1n) is 9.43. The van der Waals surface area contributed by atoms with Gasteiger partial charge in [-0.15, -0.1) is 0 Å². The van der Waals surface area contributed by atoms with Crippen LogP contribution < -0.4 is 10.6 Å². The van der Waals surface area contributed by atoms with Gasteiger partial charge in [0.05, 0.1) is 17.1 Å². The molecule has 0 bridgehead atoms. The van der Waals surface area contributed by atoms with Crippen LogP contribution in [0.4, 0.5) is 0 Å². The van der Waals surface area contributed by atoms with E-state index in [0.29, 0.717) is 23.2 Å². The Hall–Kier alpha value is -1.96. The topological polar surface area (TPSA) is 110 Å². The van der Waals surface area contributed by atoms with Crippen molar-refractivity contribution in [3.05, 3.63) is 29.6 Å². The Morgan fingerprint density at radius 2 is 2.04 bits per heavy atom. The van der Waals surface area contributed by atoms with Crippen molar-refractivity contribution in [3.63, 3.8) is 0 Å². The van der Waals surface area contributed by atoms with E-state index in [1.165, 1.54) is 0 Å². The minimum Gasteiger partial charge on any atom is -0.393 e. The maximum atomic E-state index is 12.9. The third-order valence-corrected chi connectivity index (χ3v) is 5.79. The largest absolute Gasteiger partial charge is 0.393 e. The summed E-state index contributed by atoms with van der Waals surface area (Å²) < 4.78 is 0. The first kappa shape index (κ1) is 17.5. The van der Waals surface area contributed by atoms with Gasteiger partial charge in [-0.1, -0.05) is 0 Å². The number of aliphatic hydroxyl groups excluding tert-OH is 2. The highest BCUT2D eigenvalue weighted by molar-refractivity contribution is 5.97. The number of aromatic amines is 1. The SMILES string of the molecule is O=C(NC(C1CCNCC1)C1CC(O)C1)c1ccc2nc(CO)[nH]c2c1. The first-order chi connectivity index (χ1) is 12.6. The number of hydrogen-bond acceptors (Lipinski definition) is 5. The Morgan fingerprint density at radius 3 is 2.73 bits per heavy atom. The summed E-state index contributed by atoms with van der Waals surface area (Å²) >= 11 is 0. The number of rotatable bonds is 5. The van der Waals surface area contributed by atoms with E-state index in [1.807, 2.05) is 0 Å². The average Bonchev–Trinajstić information content (AvgIpc) is 3.06. The van der Waals surface area contributed by atoms with Gasteiger partial charge in [0.25, 0.3) is 5.91 Å². The molecule has 140 valence electrons. The van der Waals surface area contributed by atoms with Crippen LogP contribution in [0.25, 0.3) is 11.0 Å². The Bertz CT molecular complexity index is 778. The molecule has 1 amide bonds. The number of aromatic nitrogens is 2. The Labute approximate surface area is 152 Å². The van der Waals surface area contributed by atoms with Crippen molar-refractivity contribution < 1.29 is 15.0 Å². The summed E-state index contributed by atoms with van der Waals surface area (Å²) in [4.78, 5) is 20.1. The Morgan fingerprint density at radius 1 is 1.27 bits per heavy atom. The lowest BCUT2D eigenvalue weighted by atomic mass is 9.71. The standard InChI is InChI=1S/C19H26N4O3/c24-10-17-21-15-2-1-12(9-16(15)22-17)19(26)23-18(13-7-14(25)8-13)11-3-5-20-6-4-11/h1-2,9,11,13-14,18,20,24-25H,3-8,10H2,(H,21,22)(H,23,26). The highest BCUT2D eigenvalue weighted by Crippen LogP contribution is 2.36. The molecule has 2 heterocycles. The van der Waals surface area contributed by atoms with Gasteiger partial charge >= 0.3 is 0 Å². The summed E-state index contributed by atoms with van der Waals surface area (Å²) in [5.74, 6) is 1.22. The van der Waals surface area contributed by atoms with Gasteiger partial charge < -0.3 is 25.8 Å². The predicted octanol–water partition coefficient (Wildman–Crippen LogP) is 0.924. The lowest BCUT2D eigenvalue weighted by Gasteiger charge is -2.43. The van der Waals surface area contributed by atoms with Gasteiger partial charge in [-0.3, -0.25) is 4.79 Å². The number of nitrogens with one attached hydrogen (secondary N) is 3. The minimum atomic E-state index is -0.223. The third kappa shape index (κ3) is 3.47. The highest BCUT2D eigenvalue weighted by atomic mass is 16.3. The summed E-state index contributed by atoms with van der Waals surface area (Å²) in [6.45, 7) is 1.81. The lowest BCUT2D eigenvalue weighted by Crippen LogP contribution is -2.52. The van der Waals surface area contributed by atoms with Crippen LogP contribution in [0.5, 0.6) is 0 Å². The zero-order chi connectivity index (χ0) is 18.1. The van der Waals surface area contributed by atoms with Crippen LogP contribution >= 0.6 is 0 Å². The van der Waals surface area contributed by atoms with Crippen LogP contribution in [0, 0.1) is 11.8 Å². The fourth-order valence-corrected chi connectivity index (χ4v) is 4.26. The molecule has 5 N–H and O–H groups in total. The van der Waals surface area contributed by atoms with Crippen molar-refractivity contribution in [1.82, 2.24) is 20.6 Å². The quantitative estimate of drug-likeness (QED) is 0.546. The zero-order valence-corrected chi connectivity index (χ0v) is 14.7. The number of fused-ring (bicyclic) bond motifs is 1. The molecule has 1 saturated carbocycles. The second-order valence-electron chi connectivity index (χ2n) is 7.55. The second-order valence-corrected chi connectivity index (χ2v) is 7.55. The molecule has 7 heteroatoms. The minimum absolute atomic E-state index is 0.0861. The first-order valence-corrected chi connectivity index (χ1v) is 9.43. The molecule has 4 rings (SSSR count). The van der Waals surface area contributed by atoms with Crippen LogP contribution in [0.15, 0.2) is 18.2 Å². The molecule has 1 aliphatic carbocycles. The van der Waals surface area contributed by atoms with E-state index in [2.05, 4.69) is 20.6 Å². The van der Waals surface area contributed by atoms with Crippen molar-refractivity contribution >= 4 is 16.9 Å². The molecule has 2 aromatic rings. The van der Waals surface area contributed by atoms with E-state index >= 15 is 0 Å². The molecule has 1 aliphatic heterocycles. The van der Waals surface area contributed by atoms with Crippen molar-refractivity contribution in [2.45, 2.75) is 44.4 Å². The maximum Gasteiger partial charge on any atom is 0.251 e. The summed E-state index contributed by atoms with van der Waals surface area (Å²) in [6, 6.07) is 5.46. The Kier molecular flexibility index (Phi) is 4.93. The molecule has 2 aliphatic rings. The van der Waals surface area contributed by atoms with Crippen LogP contribution in [-0.2, 0) is 6.61 Å². The van der Waals surface area contributed by atoms with Gasteiger partial charge in [0, 0.05) is 11.6 Å². The number of benzene rings is 1. The van der Waals surface area contributed by atoms with Gasteiger partial charge in [-0.05, 0) is 68.8 Å². The molecule has 1 aromatic carbocycles. The fourth-order valence-electron chi connectivity index (χ4n) is 4.26. The number of carbonyl (C=O) groups is 1. The highest BCUT2D eigenvalue weighted by Gasteiger charge is 2.39. The molecule has 7 nitrogen and oxygen atoms in total. The molecule has 1 aromatic heterocycles. The Balaban J connectivity index is 1.51. The maximum absolute atomic E-state index is 12.9. The van der Waals surface area contributed by atoms with Gasteiger partial charge in [0.15, 0.2) is 0 Å². The molecule has 1 unspecified atom stereocenters. The summed E-state index contributed by atoms with van der Waals surface area (Å²) in [6.07, 6.45) is 3.43. The smallest absolute Gasteiger partial charge is 0.251 e. The van der Waals surface area contributed by atoms with Crippen LogP contribution in [0.2, 0.25) is 0 Å². The number of piperidine rings is 1. The monoisotopic (exact) mass is 358 g/mol. The molecule has 1 saturated heterocycles. The normalized spacial score (nSPS) is 25.0. The van der Waals surface area contributed by atoms with E-state index in [9.17, 15) is 15.0 Å². The molecular formula is C19H26N4O3. The van der Waals surface area contributed by atoms with Gasteiger partial charge in [0.1, 0.15) is 12.4 Å². The number of aliphatic hydroxyl groups is 2. The van der Waals surface area contributed by atoms with Crippen molar-refractivity contribution in [3.8, 4) is 0 Å². The summed E-state index contributed by atoms with van der Waals surface area (Å²) in [5.41, 5.74) is 2.08. The van der Waals surface area contributed by atoms with Gasteiger partial charge in [-0.2, -0.15) is 0 Å². The molecule has 2 fully saturated rings. The molecule has 26 heavy (non-hydrogen) atoms. The predicted molar refractivity (Wildman–Crippen MR) is 97.6 cm³/mol. The van der Waals surface area contributed by atoms with Crippen LogP contribution in [-0.4, -0.2) is 51.3 Å². The van der Waals surface area contributed by atoms with E-state index in [0.717, 1.165) is 49.8 Å². The van der Waals surface area contributed by atoms with E-state index in [-0.39, 0.29) is 24.7 Å². The van der Waals surface area contributed by atoms with E-state index < -0.39 is 0 Å². The van der Waals surface area contributed by atoms with E-state index in [1.54, 1.807) is 18.2 Å². The molecule has 0 spiro atoms. The number of carbonyl (C=O) groups excluding carboxylic acids is 1. The van der Waals surface area contributed by atoms with Crippen molar-refractivity contribution in [2.75, 3.05) is 13.1 Å². The van der Waals surface area contributed by atoms with Gasteiger partial charge in [-0.25, -0.2) is 4.98 Å². The van der Waals surface area contributed by atoms with Gasteiger partial charge in [0.2, 0.25) is 0 Å². The van der Waals surface area contributed by atoms with E-state index in [4.69, 9.17) is 0 Å².